The largest absolute Gasteiger partial charge is 0.490 e. The molecule has 1 aromatic heterocycles. The van der Waals surface area contributed by atoms with E-state index in [-0.39, 0.29) is 6.61 Å². The van der Waals surface area contributed by atoms with E-state index >= 15 is 0 Å². The number of ether oxygens (including phenoxy) is 1. The molecule has 0 amide bonds. The van der Waals surface area contributed by atoms with Gasteiger partial charge in [-0.3, -0.25) is 0 Å². The molecule has 1 unspecified atom stereocenters. The van der Waals surface area contributed by atoms with Gasteiger partial charge in [0.25, 0.3) is 0 Å². The number of aliphatic hydroxyl groups excluding tert-OH is 1. The Morgan fingerprint density at radius 2 is 2.06 bits per heavy atom. The predicted octanol–water partition coefficient (Wildman–Crippen LogP) is 2.24. The molecule has 1 N–H and O–H groups in total. The third-order valence-electron chi connectivity index (χ3n) is 2.17. The third kappa shape index (κ3) is 3.41. The molecule has 0 spiro atoms. The second-order valence-electron chi connectivity index (χ2n) is 3.46. The van der Waals surface area contributed by atoms with Crippen molar-refractivity contribution in [1.29, 1.82) is 0 Å². The number of aromatic nitrogens is 2. The number of hydrogen-bond donors (Lipinski definition) is 1. The van der Waals surface area contributed by atoms with E-state index < -0.39 is 6.10 Å². The van der Waals surface area contributed by atoms with Gasteiger partial charge in [-0.05, 0) is 18.2 Å². The second kappa shape index (κ2) is 5.61. The zero-order valence-corrected chi connectivity index (χ0v) is 9.71. The van der Waals surface area contributed by atoms with Gasteiger partial charge in [-0.2, -0.15) is 0 Å². The Morgan fingerprint density at radius 1 is 1.29 bits per heavy atom. The highest BCUT2D eigenvalue weighted by molar-refractivity contribution is 6.30. The number of aliphatic hydroxyl groups is 1. The lowest BCUT2D eigenvalue weighted by Crippen LogP contribution is -2.10. The Labute approximate surface area is 104 Å². The van der Waals surface area contributed by atoms with Gasteiger partial charge in [0.15, 0.2) is 0 Å². The summed E-state index contributed by atoms with van der Waals surface area (Å²) in [4.78, 5) is 7.65. The quantitative estimate of drug-likeness (QED) is 0.904. The molecule has 1 atom stereocenters. The average molecular weight is 251 g/mol. The van der Waals surface area contributed by atoms with E-state index in [1.165, 1.54) is 6.33 Å². The van der Waals surface area contributed by atoms with Crippen LogP contribution in [-0.2, 0) is 0 Å². The van der Waals surface area contributed by atoms with E-state index in [0.717, 1.165) is 0 Å². The van der Waals surface area contributed by atoms with Gasteiger partial charge in [-0.25, -0.2) is 9.97 Å². The maximum Gasteiger partial charge on any atom is 0.120 e. The van der Waals surface area contributed by atoms with Crippen LogP contribution in [0.4, 0.5) is 0 Å². The fourth-order valence-corrected chi connectivity index (χ4v) is 1.49. The number of nitrogens with zero attached hydrogens (tertiary/aromatic N) is 2. The van der Waals surface area contributed by atoms with E-state index in [1.54, 1.807) is 36.7 Å². The first-order valence-corrected chi connectivity index (χ1v) is 5.45. The fourth-order valence-electron chi connectivity index (χ4n) is 1.31. The zero-order valence-electron chi connectivity index (χ0n) is 8.95. The van der Waals surface area contributed by atoms with Crippen LogP contribution < -0.4 is 4.74 Å². The molecule has 0 fully saturated rings. The minimum absolute atomic E-state index is 0.133. The molecule has 17 heavy (non-hydrogen) atoms. The molecule has 5 heteroatoms. The molecule has 1 heterocycles. The summed E-state index contributed by atoms with van der Waals surface area (Å²) < 4.78 is 5.41. The molecule has 0 bridgehead atoms. The Hall–Kier alpha value is -1.65. The SMILES string of the molecule is OC(COc1cccc(Cl)c1)c1cncnc1. The molecule has 0 aliphatic carbocycles. The average Bonchev–Trinajstić information content (AvgIpc) is 2.37. The van der Waals surface area contributed by atoms with Crippen molar-refractivity contribution in [2.75, 3.05) is 6.61 Å². The summed E-state index contributed by atoms with van der Waals surface area (Å²) in [6, 6.07) is 7.02. The van der Waals surface area contributed by atoms with Gasteiger partial charge < -0.3 is 9.84 Å². The predicted molar refractivity (Wildman–Crippen MR) is 63.9 cm³/mol. The van der Waals surface area contributed by atoms with Crippen LogP contribution in [0.15, 0.2) is 43.0 Å². The Bertz CT molecular complexity index is 479. The standard InChI is InChI=1S/C12H11ClN2O2/c13-10-2-1-3-11(4-10)17-7-12(16)9-5-14-8-15-6-9/h1-6,8,12,16H,7H2. The molecule has 0 aliphatic heterocycles. The summed E-state index contributed by atoms with van der Waals surface area (Å²) in [5.41, 5.74) is 0.620. The Kier molecular flexibility index (Phi) is 3.90. The number of rotatable bonds is 4. The van der Waals surface area contributed by atoms with E-state index in [9.17, 15) is 5.11 Å². The monoisotopic (exact) mass is 250 g/mol. The van der Waals surface area contributed by atoms with Crippen LogP contribution in [0, 0.1) is 0 Å². The highest BCUT2D eigenvalue weighted by atomic mass is 35.5. The van der Waals surface area contributed by atoms with Crippen molar-refractivity contribution in [3.8, 4) is 5.75 Å². The highest BCUT2D eigenvalue weighted by Gasteiger charge is 2.08. The van der Waals surface area contributed by atoms with Crippen molar-refractivity contribution in [2.24, 2.45) is 0 Å². The van der Waals surface area contributed by atoms with Gasteiger partial charge in [-0.1, -0.05) is 17.7 Å². The number of benzene rings is 1. The van der Waals surface area contributed by atoms with E-state index in [4.69, 9.17) is 16.3 Å². The van der Waals surface area contributed by atoms with Gasteiger partial charge in [0, 0.05) is 23.0 Å². The summed E-state index contributed by atoms with van der Waals surface area (Å²) >= 11 is 5.81. The molecule has 1 aromatic carbocycles. The van der Waals surface area contributed by atoms with Crippen LogP contribution in [0.2, 0.25) is 5.02 Å². The summed E-state index contributed by atoms with van der Waals surface area (Å²) in [6.07, 6.45) is 3.77. The van der Waals surface area contributed by atoms with Crippen LogP contribution in [0.5, 0.6) is 5.75 Å². The maximum atomic E-state index is 9.81. The van der Waals surface area contributed by atoms with Crippen LogP contribution in [-0.4, -0.2) is 21.7 Å². The van der Waals surface area contributed by atoms with Gasteiger partial charge >= 0.3 is 0 Å². The summed E-state index contributed by atoms with van der Waals surface area (Å²) in [5, 5.41) is 10.4. The second-order valence-corrected chi connectivity index (χ2v) is 3.89. The minimum atomic E-state index is -0.754. The Morgan fingerprint density at radius 3 is 2.76 bits per heavy atom. The van der Waals surface area contributed by atoms with Crippen molar-refractivity contribution in [3.63, 3.8) is 0 Å². The third-order valence-corrected chi connectivity index (χ3v) is 2.40. The van der Waals surface area contributed by atoms with Crippen LogP contribution in [0.25, 0.3) is 0 Å². The van der Waals surface area contributed by atoms with Crippen LogP contribution in [0.1, 0.15) is 11.7 Å². The van der Waals surface area contributed by atoms with Crippen LogP contribution >= 0.6 is 11.6 Å². The van der Waals surface area contributed by atoms with E-state index in [1.807, 2.05) is 0 Å². The number of hydrogen-bond acceptors (Lipinski definition) is 4. The first-order chi connectivity index (χ1) is 8.25. The van der Waals surface area contributed by atoms with Crippen molar-refractivity contribution in [1.82, 2.24) is 9.97 Å². The molecular weight excluding hydrogens is 240 g/mol. The van der Waals surface area contributed by atoms with Gasteiger partial charge in [-0.15, -0.1) is 0 Å². The van der Waals surface area contributed by atoms with Crippen molar-refractivity contribution >= 4 is 11.6 Å². The fraction of sp³-hybridized carbons (Fsp3) is 0.167. The normalized spacial score (nSPS) is 12.1. The van der Waals surface area contributed by atoms with Crippen molar-refractivity contribution < 1.29 is 9.84 Å². The number of halogens is 1. The van der Waals surface area contributed by atoms with Crippen molar-refractivity contribution in [3.05, 3.63) is 53.6 Å². The molecule has 88 valence electrons. The topological polar surface area (TPSA) is 55.2 Å². The highest BCUT2D eigenvalue weighted by Crippen LogP contribution is 2.19. The summed E-state index contributed by atoms with van der Waals surface area (Å²) in [6.45, 7) is 0.133. The summed E-state index contributed by atoms with van der Waals surface area (Å²) in [7, 11) is 0. The molecular formula is C12H11ClN2O2. The minimum Gasteiger partial charge on any atom is -0.490 e. The molecule has 4 nitrogen and oxygen atoms in total. The van der Waals surface area contributed by atoms with E-state index in [0.29, 0.717) is 16.3 Å². The lowest BCUT2D eigenvalue weighted by atomic mass is 10.2. The molecule has 0 aliphatic rings. The van der Waals surface area contributed by atoms with Gasteiger partial charge in [0.05, 0.1) is 0 Å². The smallest absolute Gasteiger partial charge is 0.120 e. The lowest BCUT2D eigenvalue weighted by Gasteiger charge is -2.11. The molecule has 0 radical (unpaired) electrons. The molecule has 2 aromatic rings. The first kappa shape index (κ1) is 11.8. The first-order valence-electron chi connectivity index (χ1n) is 5.07. The van der Waals surface area contributed by atoms with Crippen LogP contribution in [0.3, 0.4) is 0 Å². The molecule has 2 rings (SSSR count). The summed E-state index contributed by atoms with van der Waals surface area (Å²) in [5.74, 6) is 0.619. The lowest BCUT2D eigenvalue weighted by molar-refractivity contribution is 0.107. The maximum absolute atomic E-state index is 9.81. The molecule has 0 saturated carbocycles. The molecule has 0 saturated heterocycles. The zero-order chi connectivity index (χ0) is 12.1. The van der Waals surface area contributed by atoms with Crippen molar-refractivity contribution in [2.45, 2.75) is 6.10 Å². The Balaban J connectivity index is 1.95. The van der Waals surface area contributed by atoms with Gasteiger partial charge in [0.2, 0.25) is 0 Å². The van der Waals surface area contributed by atoms with Gasteiger partial charge in [0.1, 0.15) is 24.8 Å². The van der Waals surface area contributed by atoms with E-state index in [2.05, 4.69) is 9.97 Å².